The van der Waals surface area contributed by atoms with Crippen molar-refractivity contribution in [2.75, 3.05) is 38.2 Å². The van der Waals surface area contributed by atoms with Crippen molar-refractivity contribution in [1.82, 2.24) is 9.27 Å². The first kappa shape index (κ1) is 15.0. The normalized spacial score (nSPS) is 24.1. The topological polar surface area (TPSA) is 61.2 Å². The first-order chi connectivity index (χ1) is 10.3. The Morgan fingerprint density at radius 3 is 2.90 bits per heavy atom. The fourth-order valence-corrected chi connectivity index (χ4v) is 4.02. The third kappa shape index (κ3) is 3.67. The summed E-state index contributed by atoms with van der Waals surface area (Å²) in [6.45, 7) is 5.20. The molecule has 2 fully saturated rings. The number of piperidine rings is 1. The van der Waals surface area contributed by atoms with E-state index in [1.165, 1.54) is 18.0 Å². The molecule has 1 atom stereocenters. The minimum Gasteiger partial charge on any atom is -0.381 e. The minimum atomic E-state index is 0.309. The fraction of sp³-hybridized carbons (Fsp3) is 0.714. The summed E-state index contributed by atoms with van der Waals surface area (Å²) in [7, 11) is 0. The average Bonchev–Trinajstić information content (AvgIpc) is 3.11. The van der Waals surface area contributed by atoms with Crippen LogP contribution in [0.25, 0.3) is 0 Å². The zero-order valence-corrected chi connectivity index (χ0v) is 13.4. The quantitative estimate of drug-likeness (QED) is 0.921. The number of anilines is 1. The van der Waals surface area contributed by atoms with Crippen molar-refractivity contribution in [2.24, 2.45) is 5.92 Å². The van der Waals surface area contributed by atoms with E-state index in [0.717, 1.165) is 50.7 Å². The van der Waals surface area contributed by atoms with E-state index in [2.05, 4.69) is 20.7 Å². The maximum Gasteiger partial charge on any atom is 0.162 e. The Bertz CT molecular complexity index is 516. The van der Waals surface area contributed by atoms with Crippen LogP contribution in [0.2, 0.25) is 5.15 Å². The number of ether oxygens (including phenoxy) is 1. The summed E-state index contributed by atoms with van der Waals surface area (Å²) < 4.78 is 9.47. The third-order valence-corrected chi connectivity index (χ3v) is 5.38. The van der Waals surface area contributed by atoms with Gasteiger partial charge in [0.05, 0.1) is 6.61 Å². The van der Waals surface area contributed by atoms with E-state index in [0.29, 0.717) is 22.7 Å². The van der Waals surface area contributed by atoms with Crippen LogP contribution in [-0.2, 0) is 4.74 Å². The van der Waals surface area contributed by atoms with Gasteiger partial charge in [-0.2, -0.15) is 9.64 Å². The van der Waals surface area contributed by atoms with Gasteiger partial charge >= 0.3 is 0 Å². The van der Waals surface area contributed by atoms with Crippen LogP contribution < -0.4 is 5.32 Å². The molecule has 1 aromatic rings. The second-order valence-corrected chi connectivity index (χ2v) is 6.87. The Balaban J connectivity index is 1.48. The summed E-state index contributed by atoms with van der Waals surface area (Å²) in [5.74, 6) is 0.708. The van der Waals surface area contributed by atoms with Gasteiger partial charge < -0.3 is 15.0 Å². The first-order valence-corrected chi connectivity index (χ1v) is 8.53. The highest BCUT2D eigenvalue weighted by molar-refractivity contribution is 7.10. The van der Waals surface area contributed by atoms with Gasteiger partial charge in [-0.3, -0.25) is 0 Å². The summed E-state index contributed by atoms with van der Waals surface area (Å²) >= 11 is 7.17. The minimum absolute atomic E-state index is 0.309. The molecule has 7 heteroatoms. The van der Waals surface area contributed by atoms with Crippen LogP contribution in [0.3, 0.4) is 0 Å². The van der Waals surface area contributed by atoms with E-state index in [9.17, 15) is 0 Å². The highest BCUT2D eigenvalue weighted by atomic mass is 35.5. The van der Waals surface area contributed by atoms with Crippen LogP contribution in [0.5, 0.6) is 0 Å². The number of hydrogen-bond donors (Lipinski definition) is 1. The van der Waals surface area contributed by atoms with Crippen molar-refractivity contribution in [1.29, 1.82) is 5.26 Å². The molecule has 5 nitrogen and oxygen atoms in total. The summed E-state index contributed by atoms with van der Waals surface area (Å²) in [6, 6.07) is 2.53. The molecule has 0 saturated carbocycles. The predicted molar refractivity (Wildman–Crippen MR) is 83.8 cm³/mol. The second kappa shape index (κ2) is 6.93. The number of hydrogen-bond acceptors (Lipinski definition) is 6. The molecule has 3 rings (SSSR count). The molecule has 3 heterocycles. The monoisotopic (exact) mass is 326 g/mol. The smallest absolute Gasteiger partial charge is 0.162 e. The van der Waals surface area contributed by atoms with Gasteiger partial charge in [0.2, 0.25) is 0 Å². The van der Waals surface area contributed by atoms with Crippen molar-refractivity contribution in [3.63, 3.8) is 0 Å². The van der Waals surface area contributed by atoms with Crippen LogP contribution in [0.4, 0.5) is 5.00 Å². The summed E-state index contributed by atoms with van der Waals surface area (Å²) in [4.78, 5) is 2.53. The molecule has 2 aliphatic rings. The molecule has 114 valence electrons. The lowest BCUT2D eigenvalue weighted by molar-refractivity contribution is 0.154. The van der Waals surface area contributed by atoms with E-state index >= 15 is 0 Å². The van der Waals surface area contributed by atoms with Gasteiger partial charge in [-0.15, -0.1) is 0 Å². The van der Waals surface area contributed by atoms with Crippen LogP contribution in [-0.4, -0.2) is 48.2 Å². The van der Waals surface area contributed by atoms with Gasteiger partial charge in [-0.1, -0.05) is 11.6 Å². The Labute approximate surface area is 134 Å². The van der Waals surface area contributed by atoms with Crippen molar-refractivity contribution >= 4 is 28.1 Å². The van der Waals surface area contributed by atoms with Gasteiger partial charge in [0.25, 0.3) is 0 Å². The lowest BCUT2D eigenvalue weighted by atomic mass is 10.0. The van der Waals surface area contributed by atoms with Crippen molar-refractivity contribution < 1.29 is 4.74 Å². The number of rotatable bonds is 4. The second-order valence-electron chi connectivity index (χ2n) is 5.74. The zero-order chi connectivity index (χ0) is 14.7. The molecule has 0 radical (unpaired) electrons. The molecule has 0 spiro atoms. The van der Waals surface area contributed by atoms with Crippen molar-refractivity contribution in [3.8, 4) is 6.07 Å². The van der Waals surface area contributed by atoms with Gasteiger partial charge in [0.15, 0.2) is 5.15 Å². The SMILES string of the molecule is N#Cc1c(Cl)nsc1NC1CCN(CC2CCOC2)CC1. The maximum atomic E-state index is 9.09. The first-order valence-electron chi connectivity index (χ1n) is 7.38. The Morgan fingerprint density at radius 1 is 1.43 bits per heavy atom. The predicted octanol–water partition coefficient (Wildman–Crippen LogP) is 2.58. The fourth-order valence-electron chi connectivity index (χ4n) is 3.00. The molecule has 0 aromatic carbocycles. The van der Waals surface area contributed by atoms with Crippen molar-refractivity contribution in [3.05, 3.63) is 10.7 Å². The van der Waals surface area contributed by atoms with Crippen LogP contribution >= 0.6 is 23.1 Å². The summed E-state index contributed by atoms with van der Waals surface area (Å²) in [5.41, 5.74) is 0.479. The summed E-state index contributed by atoms with van der Waals surface area (Å²) in [5, 5.41) is 13.6. The third-order valence-electron chi connectivity index (χ3n) is 4.23. The number of likely N-dealkylation sites (tertiary alicyclic amines) is 1. The number of halogens is 1. The molecule has 2 aliphatic heterocycles. The molecule has 1 unspecified atom stereocenters. The number of aromatic nitrogens is 1. The standard InChI is InChI=1S/C14H19ClN4OS/c15-13-12(7-16)14(21-18-13)17-11-1-4-19(5-2-11)8-10-3-6-20-9-10/h10-11,17H,1-6,8-9H2. The van der Waals surface area contributed by atoms with E-state index < -0.39 is 0 Å². The van der Waals surface area contributed by atoms with E-state index in [-0.39, 0.29) is 0 Å². The molecule has 0 amide bonds. The largest absolute Gasteiger partial charge is 0.381 e. The molecule has 1 N–H and O–H groups in total. The van der Waals surface area contributed by atoms with Crippen molar-refractivity contribution in [2.45, 2.75) is 25.3 Å². The Hall–Kier alpha value is -0.870. The Kier molecular flexibility index (Phi) is 4.96. The number of nitrogens with one attached hydrogen (secondary N) is 1. The molecular weight excluding hydrogens is 308 g/mol. The lowest BCUT2D eigenvalue weighted by Crippen LogP contribution is -2.41. The molecular formula is C14H19ClN4OS. The van der Waals surface area contributed by atoms with Gasteiger partial charge in [-0.25, -0.2) is 0 Å². The van der Waals surface area contributed by atoms with Gasteiger partial charge in [0, 0.05) is 32.3 Å². The lowest BCUT2D eigenvalue weighted by Gasteiger charge is -2.33. The number of nitrogens with zero attached hydrogens (tertiary/aromatic N) is 3. The highest BCUT2D eigenvalue weighted by Crippen LogP contribution is 2.29. The van der Waals surface area contributed by atoms with Crippen LogP contribution in [0.1, 0.15) is 24.8 Å². The average molecular weight is 327 g/mol. The molecule has 2 saturated heterocycles. The maximum absolute atomic E-state index is 9.09. The van der Waals surface area contributed by atoms with Crippen LogP contribution in [0, 0.1) is 17.2 Å². The number of nitriles is 1. The molecule has 0 aliphatic carbocycles. The summed E-state index contributed by atoms with van der Waals surface area (Å²) in [6.07, 6.45) is 3.38. The van der Waals surface area contributed by atoms with E-state index in [1.807, 2.05) is 0 Å². The van der Waals surface area contributed by atoms with Gasteiger partial charge in [0.1, 0.15) is 16.6 Å². The van der Waals surface area contributed by atoms with Gasteiger partial charge in [-0.05, 0) is 36.7 Å². The van der Waals surface area contributed by atoms with E-state index in [4.69, 9.17) is 21.6 Å². The highest BCUT2D eigenvalue weighted by Gasteiger charge is 2.24. The molecule has 21 heavy (non-hydrogen) atoms. The zero-order valence-electron chi connectivity index (χ0n) is 11.8. The van der Waals surface area contributed by atoms with Crippen LogP contribution in [0.15, 0.2) is 0 Å². The molecule has 1 aromatic heterocycles. The molecule has 0 bridgehead atoms. The van der Waals surface area contributed by atoms with E-state index in [1.54, 1.807) is 0 Å². The Morgan fingerprint density at radius 2 is 2.24 bits per heavy atom.